The monoisotopic (exact) mass is 236 g/mol. The van der Waals surface area contributed by atoms with Gasteiger partial charge in [-0.05, 0) is 18.4 Å². The molecular formula is C12H16N2O3. The summed E-state index contributed by atoms with van der Waals surface area (Å²) in [5.74, 6) is 0.177. The Balaban J connectivity index is 2.20. The van der Waals surface area contributed by atoms with Crippen molar-refractivity contribution in [3.05, 3.63) is 34.2 Å². The van der Waals surface area contributed by atoms with Crippen LogP contribution >= 0.6 is 0 Å². The van der Waals surface area contributed by atoms with Crippen molar-refractivity contribution < 1.29 is 9.90 Å². The molecule has 0 aromatic carbocycles. The molecule has 92 valence electrons. The van der Waals surface area contributed by atoms with Gasteiger partial charge in [0.1, 0.15) is 0 Å². The molecule has 17 heavy (non-hydrogen) atoms. The molecule has 2 unspecified atom stereocenters. The average molecular weight is 236 g/mol. The van der Waals surface area contributed by atoms with Gasteiger partial charge in [-0.15, -0.1) is 0 Å². The van der Waals surface area contributed by atoms with E-state index in [0.717, 1.165) is 6.42 Å². The van der Waals surface area contributed by atoms with Gasteiger partial charge in [0, 0.05) is 18.8 Å². The van der Waals surface area contributed by atoms with Crippen molar-refractivity contribution in [2.75, 3.05) is 13.2 Å². The summed E-state index contributed by atoms with van der Waals surface area (Å²) in [5.41, 5.74) is 0.229. The van der Waals surface area contributed by atoms with Crippen molar-refractivity contribution in [2.45, 2.75) is 19.4 Å². The lowest BCUT2D eigenvalue weighted by Gasteiger charge is -2.25. The van der Waals surface area contributed by atoms with Crippen LogP contribution in [0.1, 0.15) is 23.7 Å². The standard InChI is InChI=1S/C12H16N2O3/c1-8-4-5-14(10(8)7-15)12(17)9-2-3-11(16)13-6-9/h2-3,6,8,10,15H,4-5,7H2,1H3,(H,13,16). The number of aromatic nitrogens is 1. The van der Waals surface area contributed by atoms with Gasteiger partial charge in [0.05, 0.1) is 18.2 Å². The van der Waals surface area contributed by atoms with E-state index < -0.39 is 0 Å². The van der Waals surface area contributed by atoms with Crippen LogP contribution in [-0.2, 0) is 0 Å². The average Bonchev–Trinajstić information content (AvgIpc) is 2.70. The van der Waals surface area contributed by atoms with Gasteiger partial charge in [-0.3, -0.25) is 9.59 Å². The quantitative estimate of drug-likeness (QED) is 0.771. The number of hydrogen-bond acceptors (Lipinski definition) is 3. The molecule has 2 N–H and O–H groups in total. The van der Waals surface area contributed by atoms with Gasteiger partial charge in [0.15, 0.2) is 0 Å². The number of aliphatic hydroxyl groups excluding tert-OH is 1. The highest BCUT2D eigenvalue weighted by atomic mass is 16.3. The Hall–Kier alpha value is -1.62. The van der Waals surface area contributed by atoms with E-state index in [1.165, 1.54) is 18.3 Å². The number of aliphatic hydroxyl groups is 1. The smallest absolute Gasteiger partial charge is 0.255 e. The van der Waals surface area contributed by atoms with Crippen molar-refractivity contribution in [2.24, 2.45) is 5.92 Å². The normalized spacial score (nSPS) is 24.0. The first-order valence-electron chi connectivity index (χ1n) is 5.74. The summed E-state index contributed by atoms with van der Waals surface area (Å²) in [5, 5.41) is 9.30. The largest absolute Gasteiger partial charge is 0.394 e. The number of amides is 1. The van der Waals surface area contributed by atoms with Crippen LogP contribution in [0.4, 0.5) is 0 Å². The van der Waals surface area contributed by atoms with E-state index in [-0.39, 0.29) is 24.1 Å². The molecule has 0 radical (unpaired) electrons. The molecule has 2 heterocycles. The number of nitrogens with one attached hydrogen (secondary N) is 1. The van der Waals surface area contributed by atoms with Gasteiger partial charge >= 0.3 is 0 Å². The molecule has 2 atom stereocenters. The maximum Gasteiger partial charge on any atom is 0.255 e. The van der Waals surface area contributed by atoms with Crippen LogP contribution in [0.2, 0.25) is 0 Å². The van der Waals surface area contributed by atoms with E-state index >= 15 is 0 Å². The number of rotatable bonds is 2. The third kappa shape index (κ3) is 2.24. The molecule has 1 amide bonds. The fourth-order valence-electron chi connectivity index (χ4n) is 2.25. The van der Waals surface area contributed by atoms with Gasteiger partial charge in [0.25, 0.3) is 5.91 Å². The van der Waals surface area contributed by atoms with Crippen LogP contribution in [0.25, 0.3) is 0 Å². The van der Waals surface area contributed by atoms with Crippen LogP contribution in [0.5, 0.6) is 0 Å². The lowest BCUT2D eigenvalue weighted by atomic mass is 10.0. The Morgan fingerprint density at radius 3 is 2.94 bits per heavy atom. The van der Waals surface area contributed by atoms with Crippen molar-refractivity contribution in [3.63, 3.8) is 0 Å². The fraction of sp³-hybridized carbons (Fsp3) is 0.500. The Morgan fingerprint density at radius 2 is 2.35 bits per heavy atom. The number of aromatic amines is 1. The molecule has 2 rings (SSSR count). The fourth-order valence-corrected chi connectivity index (χ4v) is 2.25. The maximum absolute atomic E-state index is 12.2. The lowest BCUT2D eigenvalue weighted by molar-refractivity contribution is 0.0647. The highest BCUT2D eigenvalue weighted by molar-refractivity contribution is 5.94. The number of nitrogens with zero attached hydrogens (tertiary/aromatic N) is 1. The van der Waals surface area contributed by atoms with E-state index in [4.69, 9.17) is 0 Å². The third-order valence-corrected chi connectivity index (χ3v) is 3.36. The van der Waals surface area contributed by atoms with E-state index in [2.05, 4.69) is 4.98 Å². The molecule has 5 nitrogen and oxygen atoms in total. The molecule has 0 aliphatic carbocycles. The summed E-state index contributed by atoms with van der Waals surface area (Å²) in [7, 11) is 0. The van der Waals surface area contributed by atoms with Crippen LogP contribution in [0, 0.1) is 5.92 Å². The maximum atomic E-state index is 12.2. The summed E-state index contributed by atoms with van der Waals surface area (Å²) in [6.07, 6.45) is 2.32. The van der Waals surface area contributed by atoms with Crippen molar-refractivity contribution in [3.8, 4) is 0 Å². The van der Waals surface area contributed by atoms with E-state index in [1.54, 1.807) is 4.90 Å². The zero-order valence-corrected chi connectivity index (χ0v) is 9.72. The van der Waals surface area contributed by atoms with Crippen molar-refractivity contribution in [1.82, 2.24) is 9.88 Å². The highest BCUT2D eigenvalue weighted by Gasteiger charge is 2.34. The minimum Gasteiger partial charge on any atom is -0.394 e. The van der Waals surface area contributed by atoms with E-state index in [0.29, 0.717) is 18.0 Å². The highest BCUT2D eigenvalue weighted by Crippen LogP contribution is 2.24. The van der Waals surface area contributed by atoms with Gasteiger partial charge in [-0.1, -0.05) is 6.92 Å². The molecule has 1 aliphatic heterocycles. The lowest BCUT2D eigenvalue weighted by Crippen LogP contribution is -2.40. The number of likely N-dealkylation sites (tertiary alicyclic amines) is 1. The van der Waals surface area contributed by atoms with Crippen LogP contribution in [0.15, 0.2) is 23.1 Å². The summed E-state index contributed by atoms with van der Waals surface area (Å²) in [6, 6.07) is 2.73. The van der Waals surface area contributed by atoms with Crippen molar-refractivity contribution in [1.29, 1.82) is 0 Å². The second kappa shape index (κ2) is 4.71. The number of carbonyl (C=O) groups excluding carboxylic acids is 1. The summed E-state index contributed by atoms with van der Waals surface area (Å²) >= 11 is 0. The molecule has 1 saturated heterocycles. The predicted octanol–water partition coefficient (Wildman–Crippen LogP) is 0.218. The Morgan fingerprint density at radius 1 is 1.59 bits per heavy atom. The van der Waals surface area contributed by atoms with Crippen LogP contribution in [-0.4, -0.2) is 40.1 Å². The molecular weight excluding hydrogens is 220 g/mol. The second-order valence-electron chi connectivity index (χ2n) is 4.46. The number of pyridine rings is 1. The molecule has 0 spiro atoms. The third-order valence-electron chi connectivity index (χ3n) is 3.36. The summed E-state index contributed by atoms with van der Waals surface area (Å²) in [6.45, 7) is 2.67. The topological polar surface area (TPSA) is 73.4 Å². The Labute approximate surface area is 99.1 Å². The van der Waals surface area contributed by atoms with E-state index in [1.807, 2.05) is 6.92 Å². The number of carbonyl (C=O) groups is 1. The zero-order valence-electron chi connectivity index (χ0n) is 9.72. The first kappa shape index (κ1) is 11.9. The minimum atomic E-state index is -0.227. The molecule has 0 bridgehead atoms. The SMILES string of the molecule is CC1CCN(C(=O)c2ccc(=O)[nH]c2)C1CO. The van der Waals surface area contributed by atoms with Gasteiger partial charge in [-0.2, -0.15) is 0 Å². The Bertz CT molecular complexity index is 449. The molecule has 5 heteroatoms. The molecule has 1 aromatic rings. The Kier molecular flexibility index (Phi) is 3.28. The zero-order chi connectivity index (χ0) is 12.4. The minimum absolute atomic E-state index is 0.0176. The van der Waals surface area contributed by atoms with Crippen LogP contribution in [0.3, 0.4) is 0 Å². The predicted molar refractivity (Wildman–Crippen MR) is 62.8 cm³/mol. The first-order valence-corrected chi connectivity index (χ1v) is 5.74. The second-order valence-corrected chi connectivity index (χ2v) is 4.46. The van der Waals surface area contributed by atoms with E-state index in [9.17, 15) is 14.7 Å². The van der Waals surface area contributed by atoms with Crippen molar-refractivity contribution >= 4 is 5.91 Å². The van der Waals surface area contributed by atoms with Gasteiger partial charge in [-0.25, -0.2) is 0 Å². The number of H-pyrrole nitrogens is 1. The molecule has 1 aromatic heterocycles. The van der Waals surface area contributed by atoms with Gasteiger partial charge < -0.3 is 15.0 Å². The first-order chi connectivity index (χ1) is 8.13. The summed E-state index contributed by atoms with van der Waals surface area (Å²) < 4.78 is 0. The number of hydrogen-bond donors (Lipinski definition) is 2. The molecule has 1 aliphatic rings. The molecule has 1 fully saturated rings. The van der Waals surface area contributed by atoms with Gasteiger partial charge in [0.2, 0.25) is 5.56 Å². The van der Waals surface area contributed by atoms with Crippen LogP contribution < -0.4 is 5.56 Å². The molecule has 0 saturated carbocycles. The summed E-state index contributed by atoms with van der Waals surface area (Å²) in [4.78, 5) is 27.2.